The van der Waals surface area contributed by atoms with E-state index in [2.05, 4.69) is 26.8 Å². The average molecular weight is 421 g/mol. The number of aliphatic hydroxyl groups excluding tert-OH is 1. The van der Waals surface area contributed by atoms with Crippen LogP contribution in [0, 0.1) is 40.4 Å². The summed E-state index contributed by atoms with van der Waals surface area (Å²) in [6.45, 7) is 9.26. The molecule has 0 spiro atoms. The van der Waals surface area contributed by atoms with Gasteiger partial charge in [-0.15, -0.1) is 0 Å². The summed E-state index contributed by atoms with van der Waals surface area (Å²) in [5, 5.41) is 10.3. The number of rotatable bonds is 5. The second-order valence-electron chi connectivity index (χ2n) is 11.4. The van der Waals surface area contributed by atoms with Crippen LogP contribution >= 0.6 is 0 Å². The van der Waals surface area contributed by atoms with Crippen LogP contribution in [0.1, 0.15) is 72.6 Å². The Morgan fingerprint density at radius 1 is 1.03 bits per heavy atom. The first-order chi connectivity index (χ1) is 14.2. The summed E-state index contributed by atoms with van der Waals surface area (Å²) in [4.78, 5) is 0. The first-order valence-electron chi connectivity index (χ1n) is 12.2. The number of hydrogen-bond acceptors (Lipinski definition) is 4. The fraction of sp³-hybridized carbons (Fsp3) is 0.923. The molecule has 0 radical (unpaired) electrons. The number of allylic oxidation sites excluding steroid dienone is 1. The van der Waals surface area contributed by atoms with Crippen molar-refractivity contribution in [1.82, 2.24) is 0 Å². The Kier molecular flexibility index (Phi) is 5.97. The number of aliphatic hydroxyl groups is 1. The fourth-order valence-corrected chi connectivity index (χ4v) is 8.63. The monoisotopic (exact) mass is 420 g/mol. The van der Waals surface area contributed by atoms with Gasteiger partial charge in [-0.05, 0) is 74.0 Å². The van der Waals surface area contributed by atoms with Gasteiger partial charge >= 0.3 is 0 Å². The van der Waals surface area contributed by atoms with Gasteiger partial charge in [0.2, 0.25) is 0 Å². The van der Waals surface area contributed by atoms with Crippen molar-refractivity contribution in [3.05, 3.63) is 11.6 Å². The van der Waals surface area contributed by atoms with Crippen LogP contribution in [0.3, 0.4) is 0 Å². The molecule has 0 heterocycles. The molecule has 1 unspecified atom stereocenters. The maximum Gasteiger partial charge on any atom is 0.173 e. The largest absolute Gasteiger partial charge is 0.393 e. The van der Waals surface area contributed by atoms with E-state index in [0.717, 1.165) is 24.7 Å². The Balaban J connectivity index is 1.67. The van der Waals surface area contributed by atoms with E-state index in [1.807, 2.05) is 14.0 Å². The minimum Gasteiger partial charge on any atom is -0.393 e. The molecule has 4 nitrogen and oxygen atoms in total. The van der Waals surface area contributed by atoms with Gasteiger partial charge in [-0.2, -0.15) is 0 Å². The van der Waals surface area contributed by atoms with Gasteiger partial charge in [-0.1, -0.05) is 32.4 Å². The van der Waals surface area contributed by atoms with Crippen molar-refractivity contribution in [1.29, 1.82) is 0 Å². The van der Waals surface area contributed by atoms with E-state index in [1.54, 1.807) is 14.2 Å². The standard InChI is InChI=1S/C26H44O4/c1-16(17(2)27)20-10-11-21-19-9-8-18-14-26(29-6,30-7)15-23(28-5)25(18,4)22(19)12-13-24(20,21)3/h8,16-17,19-23,27H,9-15H2,1-7H3/t16-,17?,19+,20-,21+,22+,23+,24-,25+/m1/s1. The van der Waals surface area contributed by atoms with Crippen LogP contribution in [0.25, 0.3) is 0 Å². The number of ether oxygens (including phenoxy) is 3. The van der Waals surface area contributed by atoms with Crippen LogP contribution in [0.2, 0.25) is 0 Å². The maximum absolute atomic E-state index is 10.3. The molecule has 9 atom stereocenters. The molecule has 4 aliphatic carbocycles. The van der Waals surface area contributed by atoms with Gasteiger partial charge in [-0.25, -0.2) is 0 Å². The molecule has 0 bridgehead atoms. The van der Waals surface area contributed by atoms with E-state index in [-0.39, 0.29) is 17.6 Å². The van der Waals surface area contributed by atoms with Crippen molar-refractivity contribution in [3.8, 4) is 0 Å². The summed E-state index contributed by atoms with van der Waals surface area (Å²) < 4.78 is 17.9. The Labute approximate surface area is 183 Å². The van der Waals surface area contributed by atoms with Gasteiger partial charge < -0.3 is 19.3 Å². The van der Waals surface area contributed by atoms with Crippen LogP contribution in [0.15, 0.2) is 11.6 Å². The van der Waals surface area contributed by atoms with Crippen molar-refractivity contribution in [2.45, 2.75) is 90.6 Å². The number of hydrogen-bond donors (Lipinski definition) is 1. The fourth-order valence-electron chi connectivity index (χ4n) is 8.63. The molecule has 30 heavy (non-hydrogen) atoms. The topological polar surface area (TPSA) is 47.9 Å². The van der Waals surface area contributed by atoms with Crippen LogP contribution in [-0.4, -0.2) is 44.4 Å². The number of methoxy groups -OCH3 is 3. The summed E-state index contributed by atoms with van der Waals surface area (Å²) in [6.07, 6.45) is 10.4. The molecular weight excluding hydrogens is 376 g/mol. The zero-order chi connectivity index (χ0) is 21.9. The minimum absolute atomic E-state index is 0.0630. The van der Waals surface area contributed by atoms with Crippen molar-refractivity contribution in [3.63, 3.8) is 0 Å². The molecule has 4 aliphatic rings. The van der Waals surface area contributed by atoms with Crippen molar-refractivity contribution >= 4 is 0 Å². The van der Waals surface area contributed by atoms with E-state index in [1.165, 1.54) is 37.7 Å². The van der Waals surface area contributed by atoms with Gasteiger partial charge in [0.05, 0.1) is 12.2 Å². The van der Waals surface area contributed by atoms with Crippen LogP contribution in [0.4, 0.5) is 0 Å². The average Bonchev–Trinajstić information content (AvgIpc) is 3.09. The van der Waals surface area contributed by atoms with Gasteiger partial charge in [-0.3, -0.25) is 0 Å². The predicted octanol–water partition coefficient (Wildman–Crippen LogP) is 5.20. The SMILES string of the molecule is CO[C@H]1CC(OC)(OC)CC2=CC[C@H]3[C@@H]4CC[C@H]([C@H](C)C(C)O)[C@@]4(C)CC[C@@H]3[C@]21C. The first kappa shape index (κ1) is 22.8. The molecule has 0 amide bonds. The van der Waals surface area contributed by atoms with E-state index in [9.17, 15) is 5.11 Å². The smallest absolute Gasteiger partial charge is 0.173 e. The Morgan fingerprint density at radius 2 is 1.73 bits per heavy atom. The zero-order valence-corrected chi connectivity index (χ0v) is 20.2. The van der Waals surface area contributed by atoms with E-state index in [0.29, 0.717) is 23.2 Å². The van der Waals surface area contributed by atoms with Crippen LogP contribution < -0.4 is 0 Å². The molecular formula is C26H44O4. The normalized spacial score (nSPS) is 46.9. The molecule has 0 aliphatic heterocycles. The van der Waals surface area contributed by atoms with Crippen molar-refractivity contribution in [2.75, 3.05) is 21.3 Å². The Hall–Kier alpha value is -0.420. The van der Waals surface area contributed by atoms with Gasteiger partial charge in [0.25, 0.3) is 0 Å². The van der Waals surface area contributed by atoms with Crippen molar-refractivity contribution < 1.29 is 19.3 Å². The highest BCUT2D eigenvalue weighted by Crippen LogP contribution is 2.68. The molecule has 0 aromatic rings. The third-order valence-electron chi connectivity index (χ3n) is 10.7. The summed E-state index contributed by atoms with van der Waals surface area (Å²) in [5.74, 6) is 2.60. The summed E-state index contributed by atoms with van der Waals surface area (Å²) >= 11 is 0. The first-order valence-corrected chi connectivity index (χ1v) is 12.2. The van der Waals surface area contributed by atoms with Crippen LogP contribution in [0.5, 0.6) is 0 Å². The summed E-state index contributed by atoms with van der Waals surface area (Å²) in [5.41, 5.74) is 1.91. The molecule has 0 aromatic heterocycles. The predicted molar refractivity (Wildman–Crippen MR) is 119 cm³/mol. The molecule has 4 heteroatoms. The highest BCUT2D eigenvalue weighted by molar-refractivity contribution is 5.29. The molecule has 0 saturated heterocycles. The quantitative estimate of drug-likeness (QED) is 0.491. The summed E-state index contributed by atoms with van der Waals surface area (Å²) in [7, 11) is 5.39. The van der Waals surface area contributed by atoms with Gasteiger partial charge in [0.1, 0.15) is 0 Å². The molecule has 1 N–H and O–H groups in total. The lowest BCUT2D eigenvalue weighted by molar-refractivity contribution is -0.253. The van der Waals surface area contributed by atoms with Crippen molar-refractivity contribution in [2.24, 2.45) is 40.4 Å². The highest BCUT2D eigenvalue weighted by Gasteiger charge is 2.63. The molecule has 3 saturated carbocycles. The van der Waals surface area contributed by atoms with Gasteiger partial charge in [0, 0.05) is 39.6 Å². The number of fused-ring (bicyclic) bond motifs is 5. The van der Waals surface area contributed by atoms with E-state index < -0.39 is 5.79 Å². The lowest BCUT2D eigenvalue weighted by Gasteiger charge is -2.61. The molecule has 3 fully saturated rings. The zero-order valence-electron chi connectivity index (χ0n) is 20.2. The third kappa shape index (κ3) is 3.08. The highest BCUT2D eigenvalue weighted by atomic mass is 16.7. The van der Waals surface area contributed by atoms with Gasteiger partial charge in [0.15, 0.2) is 5.79 Å². The molecule has 172 valence electrons. The summed E-state index contributed by atoms with van der Waals surface area (Å²) in [6, 6.07) is 0. The lowest BCUT2D eigenvalue weighted by Crippen LogP contribution is -2.59. The Bertz CT molecular complexity index is 668. The van der Waals surface area contributed by atoms with E-state index in [4.69, 9.17) is 14.2 Å². The van der Waals surface area contributed by atoms with E-state index >= 15 is 0 Å². The molecule has 4 rings (SSSR count). The molecule has 0 aromatic carbocycles. The minimum atomic E-state index is -0.562. The second kappa shape index (κ2) is 7.86. The Morgan fingerprint density at radius 3 is 2.33 bits per heavy atom. The third-order valence-corrected chi connectivity index (χ3v) is 10.7. The second-order valence-corrected chi connectivity index (χ2v) is 11.4. The lowest BCUT2D eigenvalue weighted by atomic mass is 9.46. The maximum atomic E-state index is 10.3. The van der Waals surface area contributed by atoms with Crippen LogP contribution in [-0.2, 0) is 14.2 Å².